The van der Waals surface area contributed by atoms with E-state index in [2.05, 4.69) is 5.32 Å². The first-order valence-corrected chi connectivity index (χ1v) is 15.1. The zero-order valence-corrected chi connectivity index (χ0v) is 24.5. The van der Waals surface area contributed by atoms with Gasteiger partial charge in [0.2, 0.25) is 18.6 Å². The molecule has 0 saturated carbocycles. The van der Waals surface area contributed by atoms with E-state index in [9.17, 15) is 22.8 Å². The summed E-state index contributed by atoms with van der Waals surface area (Å²) < 4.78 is 39.7. The predicted molar refractivity (Wildman–Crippen MR) is 164 cm³/mol. The second kappa shape index (κ2) is 12.9. The fraction of sp³-hybridized carbons (Fsp3) is 0.156. The highest BCUT2D eigenvalue weighted by Crippen LogP contribution is 2.35. The largest absolute Gasteiger partial charge is 0.454 e. The van der Waals surface area contributed by atoms with Gasteiger partial charge in [-0.25, -0.2) is 17.9 Å². The van der Waals surface area contributed by atoms with Crippen LogP contribution in [0.15, 0.2) is 102 Å². The molecule has 0 bridgehead atoms. The van der Waals surface area contributed by atoms with Crippen molar-refractivity contribution >= 4 is 33.6 Å². The monoisotopic (exact) mass is 614 g/mol. The summed E-state index contributed by atoms with van der Waals surface area (Å²) in [6.45, 7) is 0.0775. The van der Waals surface area contributed by atoms with E-state index < -0.39 is 33.9 Å². The third-order valence-electron chi connectivity index (χ3n) is 7.13. The molecule has 44 heavy (non-hydrogen) atoms. The van der Waals surface area contributed by atoms with Gasteiger partial charge in [0.25, 0.3) is 10.0 Å². The molecule has 0 aromatic heterocycles. The number of carbonyl (C=O) groups excluding carboxylic acids is 3. The lowest BCUT2D eigenvalue weighted by Gasteiger charge is -2.25. The molecule has 0 unspecified atom stereocenters. The first-order chi connectivity index (χ1) is 21.1. The SMILES string of the molecule is CN(C(=O)[C@H](CCc1ccccc1)NC(=O)NS(=O)(=O)c1ccccc1-c1ccc(C(N)=O)cc1)c1ccc2c(c1)OCO2. The minimum atomic E-state index is -4.39. The Bertz CT molecular complexity index is 1800. The zero-order valence-electron chi connectivity index (χ0n) is 23.7. The average Bonchev–Trinajstić information content (AvgIpc) is 3.51. The van der Waals surface area contributed by atoms with Crippen molar-refractivity contribution in [1.82, 2.24) is 10.0 Å². The van der Waals surface area contributed by atoms with Crippen LogP contribution in [0.5, 0.6) is 11.5 Å². The molecular weight excluding hydrogens is 584 g/mol. The lowest BCUT2D eigenvalue weighted by Crippen LogP contribution is -2.51. The highest BCUT2D eigenvalue weighted by Gasteiger charge is 2.29. The first-order valence-electron chi connectivity index (χ1n) is 13.7. The molecule has 1 heterocycles. The smallest absolute Gasteiger partial charge is 0.329 e. The summed E-state index contributed by atoms with van der Waals surface area (Å²) in [5.41, 5.74) is 7.85. The van der Waals surface area contributed by atoms with E-state index in [0.29, 0.717) is 34.7 Å². The third kappa shape index (κ3) is 6.81. The van der Waals surface area contributed by atoms with Crippen molar-refractivity contribution in [3.8, 4) is 22.6 Å². The van der Waals surface area contributed by atoms with Crippen molar-refractivity contribution in [2.75, 3.05) is 18.7 Å². The number of sulfonamides is 1. The molecule has 12 heteroatoms. The number of nitrogens with one attached hydrogen (secondary N) is 2. The molecule has 0 spiro atoms. The molecule has 4 amide bonds. The summed E-state index contributed by atoms with van der Waals surface area (Å²) >= 11 is 0. The van der Waals surface area contributed by atoms with E-state index in [1.807, 2.05) is 35.1 Å². The summed E-state index contributed by atoms with van der Waals surface area (Å²) in [7, 11) is -2.83. The second-order valence-corrected chi connectivity index (χ2v) is 11.7. The maximum atomic E-state index is 13.7. The molecular formula is C32H30N4O7S. The maximum absolute atomic E-state index is 13.7. The highest BCUT2D eigenvalue weighted by atomic mass is 32.2. The van der Waals surface area contributed by atoms with Crippen LogP contribution in [0.1, 0.15) is 22.3 Å². The number of amides is 4. The number of urea groups is 1. The highest BCUT2D eigenvalue weighted by molar-refractivity contribution is 7.90. The van der Waals surface area contributed by atoms with E-state index >= 15 is 0 Å². The van der Waals surface area contributed by atoms with E-state index in [-0.39, 0.29) is 23.7 Å². The number of primary amides is 1. The van der Waals surface area contributed by atoms with Crippen molar-refractivity contribution in [2.24, 2.45) is 5.73 Å². The van der Waals surface area contributed by atoms with E-state index in [1.54, 1.807) is 49.5 Å². The number of nitrogens with zero attached hydrogens (tertiary/aromatic N) is 1. The number of aryl methyl sites for hydroxylation is 1. The van der Waals surface area contributed by atoms with Gasteiger partial charge in [0.05, 0.1) is 4.90 Å². The van der Waals surface area contributed by atoms with Gasteiger partial charge < -0.3 is 25.4 Å². The molecule has 0 fully saturated rings. The van der Waals surface area contributed by atoms with Crippen molar-refractivity contribution in [2.45, 2.75) is 23.8 Å². The van der Waals surface area contributed by atoms with Gasteiger partial charge in [0.1, 0.15) is 6.04 Å². The van der Waals surface area contributed by atoms with Gasteiger partial charge in [-0.15, -0.1) is 0 Å². The Hall–Kier alpha value is -5.36. The minimum absolute atomic E-state index is 0.0775. The molecule has 0 saturated heterocycles. The number of likely N-dealkylation sites (N-methyl/N-ethyl adjacent to an activating group) is 1. The number of rotatable bonds is 10. The molecule has 1 aliphatic rings. The molecule has 226 valence electrons. The quantitative estimate of drug-likeness (QED) is 0.245. The Balaban J connectivity index is 1.36. The Morgan fingerprint density at radius 3 is 2.30 bits per heavy atom. The lowest BCUT2D eigenvalue weighted by atomic mass is 10.0. The fourth-order valence-electron chi connectivity index (χ4n) is 4.79. The molecule has 4 aromatic rings. The van der Waals surface area contributed by atoms with Gasteiger partial charge in [0, 0.05) is 29.9 Å². The van der Waals surface area contributed by atoms with Crippen LogP contribution in [0.3, 0.4) is 0 Å². The number of nitrogens with two attached hydrogens (primary N) is 1. The number of fused-ring (bicyclic) bond motifs is 1. The van der Waals surface area contributed by atoms with Crippen LogP contribution in [0.2, 0.25) is 0 Å². The van der Waals surface area contributed by atoms with E-state index in [4.69, 9.17) is 15.2 Å². The number of carbonyl (C=O) groups is 3. The number of hydrogen-bond acceptors (Lipinski definition) is 7. The lowest BCUT2D eigenvalue weighted by molar-refractivity contribution is -0.120. The first kappa shape index (κ1) is 30.1. The molecule has 5 rings (SSSR count). The van der Waals surface area contributed by atoms with Crippen molar-refractivity contribution in [3.05, 3.63) is 108 Å². The Kier molecular flexibility index (Phi) is 8.81. The Morgan fingerprint density at radius 2 is 1.57 bits per heavy atom. The summed E-state index contributed by atoms with van der Waals surface area (Å²) in [5.74, 6) is -0.0247. The van der Waals surface area contributed by atoms with Crippen LogP contribution >= 0.6 is 0 Å². The zero-order chi connectivity index (χ0) is 31.3. The molecule has 4 N–H and O–H groups in total. The second-order valence-electron chi connectivity index (χ2n) is 10.0. The third-order valence-corrected chi connectivity index (χ3v) is 8.52. The van der Waals surface area contributed by atoms with Gasteiger partial charge in [-0.05, 0) is 54.3 Å². The van der Waals surface area contributed by atoms with Gasteiger partial charge in [-0.3, -0.25) is 9.59 Å². The molecule has 1 aliphatic heterocycles. The van der Waals surface area contributed by atoms with Crippen molar-refractivity contribution in [3.63, 3.8) is 0 Å². The van der Waals surface area contributed by atoms with E-state index in [1.165, 1.54) is 29.2 Å². The average molecular weight is 615 g/mol. The van der Waals surface area contributed by atoms with E-state index in [0.717, 1.165) is 5.56 Å². The minimum Gasteiger partial charge on any atom is -0.454 e. The van der Waals surface area contributed by atoms with Crippen molar-refractivity contribution in [1.29, 1.82) is 0 Å². The molecule has 1 atom stereocenters. The molecule has 0 aliphatic carbocycles. The van der Waals surface area contributed by atoms with Crippen LogP contribution in [0.25, 0.3) is 11.1 Å². The normalized spacial score (nSPS) is 12.7. The Morgan fingerprint density at radius 1 is 0.886 bits per heavy atom. The summed E-state index contributed by atoms with van der Waals surface area (Å²) in [6.07, 6.45) is 0.650. The summed E-state index contributed by atoms with van der Waals surface area (Å²) in [6, 6.07) is 24.6. The molecule has 11 nitrogen and oxygen atoms in total. The standard InChI is InChI=1S/C32H30N4O7S/c1-36(24-16-18-27-28(19-24)43-20-42-27)31(38)26(17-11-21-7-3-2-4-8-21)34-32(39)35-44(40,41)29-10-6-5-9-25(29)22-12-14-23(15-13-22)30(33)37/h2-10,12-16,18-19,26H,11,17,20H2,1H3,(H2,33,37)(H2,34,35,39)/t26-/m0/s1. The summed E-state index contributed by atoms with van der Waals surface area (Å²) in [4.78, 5) is 39.5. The van der Waals surface area contributed by atoms with Gasteiger partial charge in [-0.1, -0.05) is 60.7 Å². The Labute approximate surface area is 254 Å². The van der Waals surface area contributed by atoms with Gasteiger partial charge in [0.15, 0.2) is 11.5 Å². The number of hydrogen-bond donors (Lipinski definition) is 3. The maximum Gasteiger partial charge on any atom is 0.329 e. The van der Waals surface area contributed by atoms with Crippen LogP contribution in [0, 0.1) is 0 Å². The summed E-state index contributed by atoms with van der Waals surface area (Å²) in [5, 5.41) is 2.57. The number of benzene rings is 4. The predicted octanol–water partition coefficient (Wildman–Crippen LogP) is 3.83. The molecule has 0 radical (unpaired) electrons. The van der Waals surface area contributed by atoms with Crippen LogP contribution in [0.4, 0.5) is 10.5 Å². The van der Waals surface area contributed by atoms with Crippen LogP contribution < -0.4 is 30.1 Å². The van der Waals surface area contributed by atoms with Crippen LogP contribution in [-0.4, -0.2) is 46.1 Å². The van der Waals surface area contributed by atoms with Gasteiger partial charge >= 0.3 is 6.03 Å². The number of ether oxygens (including phenoxy) is 2. The number of anilines is 1. The molecule has 4 aromatic carbocycles. The van der Waals surface area contributed by atoms with Crippen molar-refractivity contribution < 1.29 is 32.3 Å². The van der Waals surface area contributed by atoms with Crippen LogP contribution in [-0.2, 0) is 21.2 Å². The van der Waals surface area contributed by atoms with Gasteiger partial charge in [-0.2, -0.15) is 0 Å². The topological polar surface area (TPSA) is 157 Å². The fourth-order valence-corrected chi connectivity index (χ4v) is 5.93.